The summed E-state index contributed by atoms with van der Waals surface area (Å²) in [4.78, 5) is 15.2. The molecule has 6 heteroatoms. The molecule has 0 bridgehead atoms. The molecule has 0 N–H and O–H groups in total. The van der Waals surface area contributed by atoms with Crippen LogP contribution in [0.2, 0.25) is 0 Å². The number of piperidine rings is 1. The van der Waals surface area contributed by atoms with Gasteiger partial charge < -0.3 is 19.1 Å². The maximum Gasteiger partial charge on any atom is 0.410 e. The van der Waals surface area contributed by atoms with Crippen molar-refractivity contribution in [1.82, 2.24) is 4.90 Å². The number of hydrogen-bond donors (Lipinski definition) is 0. The number of benzene rings is 2. The zero-order chi connectivity index (χ0) is 22.7. The van der Waals surface area contributed by atoms with Gasteiger partial charge in [-0.15, -0.1) is 11.8 Å². The number of carbonyl (C=O) groups excluding carboxylic acids is 1. The second-order valence-corrected chi connectivity index (χ2v) is 10.7. The Hall–Kier alpha value is -2.34. The van der Waals surface area contributed by atoms with Crippen LogP contribution in [-0.2, 0) is 4.74 Å². The number of amides is 1. The molecule has 0 radical (unpaired) electrons. The van der Waals surface area contributed by atoms with Gasteiger partial charge in [-0.2, -0.15) is 0 Å². The molecule has 2 aromatic rings. The Kier molecular flexibility index (Phi) is 6.89. The zero-order valence-corrected chi connectivity index (χ0v) is 20.2. The van der Waals surface area contributed by atoms with Crippen LogP contribution in [0.3, 0.4) is 0 Å². The highest BCUT2D eigenvalue weighted by atomic mass is 32.2. The highest BCUT2D eigenvalue weighted by Gasteiger charge is 2.31. The minimum absolute atomic E-state index is 0.0333. The minimum atomic E-state index is -0.467. The normalized spacial score (nSPS) is 21.4. The first-order valence-corrected chi connectivity index (χ1v) is 12.4. The third kappa shape index (κ3) is 5.52. The molecular formula is C26H33NO4S. The number of thioether (sulfide) groups is 1. The molecule has 2 unspecified atom stereocenters. The van der Waals surface area contributed by atoms with E-state index >= 15 is 0 Å². The predicted molar refractivity (Wildman–Crippen MR) is 128 cm³/mol. The van der Waals surface area contributed by atoms with Gasteiger partial charge in [0.1, 0.15) is 29.3 Å². The molecule has 1 fully saturated rings. The lowest BCUT2D eigenvalue weighted by atomic mass is 10.0. The largest absolute Gasteiger partial charge is 0.490 e. The summed E-state index contributed by atoms with van der Waals surface area (Å²) in [6.07, 6.45) is 2.55. The minimum Gasteiger partial charge on any atom is -0.490 e. The average Bonchev–Trinajstić information content (AvgIpc) is 2.78. The third-order valence-corrected chi connectivity index (χ3v) is 7.20. The average molecular weight is 456 g/mol. The van der Waals surface area contributed by atoms with Gasteiger partial charge in [0.05, 0.1) is 5.25 Å². The topological polar surface area (TPSA) is 48.0 Å². The van der Waals surface area contributed by atoms with Crippen molar-refractivity contribution in [3.63, 3.8) is 0 Å². The molecule has 0 aromatic heterocycles. The highest BCUT2D eigenvalue weighted by molar-refractivity contribution is 8.00. The lowest BCUT2D eigenvalue weighted by molar-refractivity contribution is 0.0126. The Morgan fingerprint density at radius 1 is 1.09 bits per heavy atom. The second kappa shape index (κ2) is 9.65. The summed E-state index contributed by atoms with van der Waals surface area (Å²) in [5, 5.41) is 0.383. The highest BCUT2D eigenvalue weighted by Crippen LogP contribution is 2.46. The number of likely N-dealkylation sites (tertiary alicyclic amines) is 1. The summed E-state index contributed by atoms with van der Waals surface area (Å²) in [7, 11) is 0. The molecule has 1 amide bonds. The smallest absolute Gasteiger partial charge is 0.410 e. The molecule has 172 valence electrons. The van der Waals surface area contributed by atoms with Crippen molar-refractivity contribution in [1.29, 1.82) is 0 Å². The van der Waals surface area contributed by atoms with E-state index in [4.69, 9.17) is 14.2 Å². The van der Waals surface area contributed by atoms with E-state index in [1.165, 1.54) is 10.5 Å². The van der Waals surface area contributed by atoms with Crippen molar-refractivity contribution in [2.75, 3.05) is 13.1 Å². The van der Waals surface area contributed by atoms with Crippen molar-refractivity contribution in [3.05, 3.63) is 54.1 Å². The monoisotopic (exact) mass is 455 g/mol. The van der Waals surface area contributed by atoms with Gasteiger partial charge in [-0.05, 0) is 57.0 Å². The number of hydrogen-bond acceptors (Lipinski definition) is 5. The molecule has 2 atom stereocenters. The van der Waals surface area contributed by atoms with E-state index in [0.717, 1.165) is 30.8 Å². The predicted octanol–water partition coefficient (Wildman–Crippen LogP) is 6.47. The third-order valence-electron chi connectivity index (χ3n) is 5.73. The van der Waals surface area contributed by atoms with Crippen LogP contribution in [0.15, 0.2) is 53.4 Å². The second-order valence-electron chi connectivity index (χ2n) is 9.40. The van der Waals surface area contributed by atoms with Gasteiger partial charge in [0.25, 0.3) is 0 Å². The molecule has 0 saturated carbocycles. The summed E-state index contributed by atoms with van der Waals surface area (Å²) in [6, 6.07) is 16.6. The molecule has 0 spiro atoms. The van der Waals surface area contributed by atoms with E-state index < -0.39 is 5.60 Å². The van der Waals surface area contributed by atoms with Gasteiger partial charge in [-0.3, -0.25) is 0 Å². The molecule has 1 saturated heterocycles. The van der Waals surface area contributed by atoms with Gasteiger partial charge in [-0.1, -0.05) is 31.2 Å². The fourth-order valence-electron chi connectivity index (χ4n) is 4.07. The van der Waals surface area contributed by atoms with Crippen LogP contribution in [0.4, 0.5) is 4.79 Å². The molecule has 0 aliphatic carbocycles. The summed E-state index contributed by atoms with van der Waals surface area (Å²) in [5.74, 6) is 1.82. The standard InChI is InChI=1S/C26H33NO4S/c1-5-22-24(30-21-8-6-7-9-23(21)32-22)18-10-12-19(13-11-18)29-20-14-16-27(17-15-20)25(28)31-26(2,3)4/h6-13,20,22,24H,5,14-17H2,1-4H3. The van der Waals surface area contributed by atoms with Crippen LogP contribution in [0, 0.1) is 0 Å². The number of rotatable bonds is 4. The van der Waals surface area contributed by atoms with Gasteiger partial charge in [-0.25, -0.2) is 4.79 Å². The molecular weight excluding hydrogens is 422 g/mol. The van der Waals surface area contributed by atoms with E-state index in [0.29, 0.717) is 18.3 Å². The fraction of sp³-hybridized carbons (Fsp3) is 0.500. The lowest BCUT2D eigenvalue weighted by Gasteiger charge is -2.34. The maximum absolute atomic E-state index is 12.2. The molecule has 2 heterocycles. The van der Waals surface area contributed by atoms with Crippen LogP contribution in [-0.4, -0.2) is 41.0 Å². The zero-order valence-electron chi connectivity index (χ0n) is 19.4. The first-order valence-electron chi connectivity index (χ1n) is 11.5. The van der Waals surface area contributed by atoms with Crippen LogP contribution in [0.1, 0.15) is 58.6 Å². The fourth-order valence-corrected chi connectivity index (χ4v) is 5.29. The number of nitrogens with zero attached hydrogens (tertiary/aromatic N) is 1. The van der Waals surface area contributed by atoms with Gasteiger partial charge >= 0.3 is 6.09 Å². The number of ether oxygens (including phenoxy) is 3. The Bertz CT molecular complexity index is 916. The molecule has 4 rings (SSSR count). The van der Waals surface area contributed by atoms with E-state index in [-0.39, 0.29) is 18.3 Å². The molecule has 5 nitrogen and oxygen atoms in total. The van der Waals surface area contributed by atoms with E-state index in [1.807, 2.05) is 56.8 Å². The molecule has 2 aromatic carbocycles. The maximum atomic E-state index is 12.2. The lowest BCUT2D eigenvalue weighted by Crippen LogP contribution is -2.44. The van der Waals surface area contributed by atoms with E-state index in [9.17, 15) is 4.79 Å². The van der Waals surface area contributed by atoms with Crippen LogP contribution < -0.4 is 9.47 Å². The Balaban J connectivity index is 1.33. The van der Waals surface area contributed by atoms with Gasteiger partial charge in [0.2, 0.25) is 0 Å². The van der Waals surface area contributed by atoms with Crippen LogP contribution in [0.5, 0.6) is 11.5 Å². The van der Waals surface area contributed by atoms with Gasteiger partial charge in [0, 0.05) is 30.8 Å². The first kappa shape index (κ1) is 22.8. The molecule has 2 aliphatic rings. The van der Waals surface area contributed by atoms with Crippen molar-refractivity contribution in [2.45, 2.75) is 74.9 Å². The van der Waals surface area contributed by atoms with Crippen molar-refractivity contribution in [2.24, 2.45) is 0 Å². The van der Waals surface area contributed by atoms with Gasteiger partial charge in [0.15, 0.2) is 0 Å². The number of carbonyl (C=O) groups is 1. The summed E-state index contributed by atoms with van der Waals surface area (Å²) in [6.45, 7) is 9.20. The SMILES string of the molecule is CCC1Sc2ccccc2OC1c1ccc(OC2CCN(C(=O)OC(C)(C)C)CC2)cc1. The number of para-hydroxylation sites is 1. The summed E-state index contributed by atoms with van der Waals surface area (Å²) < 4.78 is 18.1. The Morgan fingerprint density at radius 2 is 1.78 bits per heavy atom. The summed E-state index contributed by atoms with van der Waals surface area (Å²) >= 11 is 1.90. The van der Waals surface area contributed by atoms with Crippen molar-refractivity contribution < 1.29 is 19.0 Å². The van der Waals surface area contributed by atoms with Crippen LogP contribution in [0.25, 0.3) is 0 Å². The Morgan fingerprint density at radius 3 is 2.44 bits per heavy atom. The first-order chi connectivity index (χ1) is 15.3. The Labute approximate surface area is 195 Å². The van der Waals surface area contributed by atoms with Crippen molar-refractivity contribution in [3.8, 4) is 11.5 Å². The van der Waals surface area contributed by atoms with E-state index in [1.54, 1.807) is 4.90 Å². The summed E-state index contributed by atoms with van der Waals surface area (Å²) in [5.41, 5.74) is 0.706. The van der Waals surface area contributed by atoms with Crippen molar-refractivity contribution >= 4 is 17.9 Å². The molecule has 32 heavy (non-hydrogen) atoms. The van der Waals surface area contributed by atoms with E-state index in [2.05, 4.69) is 31.2 Å². The quantitative estimate of drug-likeness (QED) is 0.529. The van der Waals surface area contributed by atoms with Crippen LogP contribution >= 0.6 is 11.8 Å². The number of fused-ring (bicyclic) bond motifs is 1. The molecule has 2 aliphatic heterocycles.